The fourth-order valence-electron chi connectivity index (χ4n) is 2.81. The first kappa shape index (κ1) is 19.7. The highest BCUT2D eigenvalue weighted by atomic mass is 79.9. The summed E-state index contributed by atoms with van der Waals surface area (Å²) >= 11 is 3.15. The fraction of sp³-hybridized carbons (Fsp3) is 0.0952. The third kappa shape index (κ3) is 4.69. The van der Waals surface area contributed by atoms with E-state index in [9.17, 15) is 9.59 Å². The first-order chi connectivity index (χ1) is 14.6. The Morgan fingerprint density at radius 3 is 2.73 bits per heavy atom. The number of fused-ring (bicyclic) bond motifs is 1. The number of benzene rings is 1. The summed E-state index contributed by atoms with van der Waals surface area (Å²) in [6.45, 7) is 0.330. The van der Waals surface area contributed by atoms with Crippen molar-refractivity contribution in [2.45, 2.75) is 6.42 Å². The molecule has 3 N–H and O–H groups in total. The van der Waals surface area contributed by atoms with Crippen LogP contribution in [0.3, 0.4) is 0 Å². The zero-order chi connectivity index (χ0) is 20.9. The van der Waals surface area contributed by atoms with Crippen molar-refractivity contribution < 1.29 is 18.4 Å². The third-order valence-electron chi connectivity index (χ3n) is 4.21. The van der Waals surface area contributed by atoms with Gasteiger partial charge in [0.15, 0.2) is 10.4 Å². The Labute approximate surface area is 179 Å². The van der Waals surface area contributed by atoms with E-state index in [0.29, 0.717) is 23.4 Å². The number of nitrogens with zero attached hydrogens (tertiary/aromatic N) is 1. The van der Waals surface area contributed by atoms with E-state index in [1.54, 1.807) is 18.2 Å². The van der Waals surface area contributed by atoms with E-state index in [-0.39, 0.29) is 11.5 Å². The molecule has 0 saturated carbocycles. The average Bonchev–Trinajstić information content (AvgIpc) is 3.47. The number of hydrogen-bond donors (Lipinski definition) is 3. The van der Waals surface area contributed by atoms with Crippen molar-refractivity contribution >= 4 is 44.9 Å². The summed E-state index contributed by atoms with van der Waals surface area (Å²) in [5, 5.41) is 5.35. The molecule has 152 valence electrons. The first-order valence-electron chi connectivity index (χ1n) is 9.12. The summed E-state index contributed by atoms with van der Waals surface area (Å²) in [7, 11) is 0. The standard InChI is InChI=1S/C21H17BrN4O4/c22-18-8-7-17(30-18)21(28)26-16(12-13-4-3-11-29-13)20(27)23-10-9-19-24-14-5-1-2-6-15(14)25-19/h1-8,11-12H,9-10H2,(H,23,27)(H,24,25)(H,26,28). The van der Waals surface area contributed by atoms with E-state index < -0.39 is 11.8 Å². The molecule has 3 aromatic heterocycles. The van der Waals surface area contributed by atoms with Crippen LogP contribution in [0.15, 0.2) is 74.0 Å². The van der Waals surface area contributed by atoms with Crippen LogP contribution in [0.5, 0.6) is 0 Å². The second-order valence-electron chi connectivity index (χ2n) is 6.34. The second kappa shape index (κ2) is 8.83. The molecule has 4 aromatic rings. The molecule has 0 fully saturated rings. The number of carbonyl (C=O) groups is 2. The molecule has 0 spiro atoms. The Kier molecular flexibility index (Phi) is 5.80. The molecule has 0 aliphatic rings. The van der Waals surface area contributed by atoms with Crippen LogP contribution in [0.25, 0.3) is 17.1 Å². The fourth-order valence-corrected chi connectivity index (χ4v) is 3.11. The van der Waals surface area contributed by atoms with Gasteiger partial charge in [-0.05, 0) is 52.3 Å². The number of halogens is 1. The Morgan fingerprint density at radius 1 is 1.13 bits per heavy atom. The van der Waals surface area contributed by atoms with Crippen LogP contribution in [-0.4, -0.2) is 28.3 Å². The predicted octanol–water partition coefficient (Wildman–Crippen LogP) is 3.64. The topological polar surface area (TPSA) is 113 Å². The lowest BCUT2D eigenvalue weighted by Crippen LogP contribution is -2.35. The van der Waals surface area contributed by atoms with Crippen LogP contribution in [0, 0.1) is 0 Å². The SMILES string of the molecule is O=C(NCCc1nc2ccccc2[nH]1)C(=Cc1ccco1)NC(=O)c1ccc(Br)o1. The van der Waals surface area contributed by atoms with E-state index >= 15 is 0 Å². The molecule has 0 aliphatic heterocycles. The molecule has 4 rings (SSSR count). The van der Waals surface area contributed by atoms with Gasteiger partial charge >= 0.3 is 0 Å². The molecule has 8 nitrogen and oxygen atoms in total. The van der Waals surface area contributed by atoms with Gasteiger partial charge in [0.1, 0.15) is 17.3 Å². The van der Waals surface area contributed by atoms with Gasteiger partial charge < -0.3 is 24.5 Å². The number of nitrogens with one attached hydrogen (secondary N) is 3. The van der Waals surface area contributed by atoms with Gasteiger partial charge in [-0.1, -0.05) is 12.1 Å². The van der Waals surface area contributed by atoms with Gasteiger partial charge in [0.25, 0.3) is 11.8 Å². The molecular formula is C21H17BrN4O4. The maximum Gasteiger partial charge on any atom is 0.291 e. The van der Waals surface area contributed by atoms with Gasteiger partial charge in [-0.3, -0.25) is 9.59 Å². The number of H-pyrrole nitrogens is 1. The smallest absolute Gasteiger partial charge is 0.291 e. The number of hydrogen-bond acceptors (Lipinski definition) is 5. The lowest BCUT2D eigenvalue weighted by atomic mass is 10.3. The molecule has 3 heterocycles. The van der Waals surface area contributed by atoms with Crippen molar-refractivity contribution in [1.29, 1.82) is 0 Å². The average molecular weight is 469 g/mol. The second-order valence-corrected chi connectivity index (χ2v) is 7.12. The van der Waals surface area contributed by atoms with Crippen LogP contribution in [0.4, 0.5) is 0 Å². The van der Waals surface area contributed by atoms with Crippen LogP contribution >= 0.6 is 15.9 Å². The maximum atomic E-state index is 12.7. The number of carbonyl (C=O) groups excluding carboxylic acids is 2. The molecule has 30 heavy (non-hydrogen) atoms. The van der Waals surface area contributed by atoms with Crippen LogP contribution < -0.4 is 10.6 Å². The van der Waals surface area contributed by atoms with E-state index in [2.05, 4.69) is 36.5 Å². The normalized spacial score (nSPS) is 11.6. The number of imidazole rings is 1. The van der Waals surface area contributed by atoms with Gasteiger partial charge in [0, 0.05) is 19.0 Å². The largest absolute Gasteiger partial charge is 0.465 e. The summed E-state index contributed by atoms with van der Waals surface area (Å²) in [5.74, 6) is 0.255. The van der Waals surface area contributed by atoms with Gasteiger partial charge in [-0.2, -0.15) is 0 Å². The van der Waals surface area contributed by atoms with Crippen molar-refractivity contribution in [3.8, 4) is 0 Å². The summed E-state index contributed by atoms with van der Waals surface area (Å²) < 4.78 is 10.9. The summed E-state index contributed by atoms with van der Waals surface area (Å²) in [5.41, 5.74) is 1.84. The lowest BCUT2D eigenvalue weighted by molar-refractivity contribution is -0.117. The van der Waals surface area contributed by atoms with E-state index in [1.807, 2.05) is 24.3 Å². The number of aromatic amines is 1. The monoisotopic (exact) mass is 468 g/mol. The number of furan rings is 2. The Balaban J connectivity index is 1.43. The van der Waals surface area contributed by atoms with Crippen molar-refractivity contribution in [1.82, 2.24) is 20.6 Å². The lowest BCUT2D eigenvalue weighted by Gasteiger charge is -2.09. The quantitative estimate of drug-likeness (QED) is 0.358. The minimum absolute atomic E-state index is 0.0343. The minimum Gasteiger partial charge on any atom is -0.465 e. The summed E-state index contributed by atoms with van der Waals surface area (Å²) in [6.07, 6.45) is 3.44. The molecular weight excluding hydrogens is 452 g/mol. The number of rotatable bonds is 7. The minimum atomic E-state index is -0.550. The van der Waals surface area contributed by atoms with Gasteiger partial charge in [-0.15, -0.1) is 0 Å². The number of aromatic nitrogens is 2. The Morgan fingerprint density at radius 2 is 2.00 bits per heavy atom. The van der Waals surface area contributed by atoms with E-state index in [0.717, 1.165) is 16.9 Å². The molecule has 0 bridgehead atoms. The zero-order valence-electron chi connectivity index (χ0n) is 15.6. The van der Waals surface area contributed by atoms with Crippen LogP contribution in [0.2, 0.25) is 0 Å². The zero-order valence-corrected chi connectivity index (χ0v) is 17.2. The molecule has 0 radical (unpaired) electrons. The van der Waals surface area contributed by atoms with Crippen molar-refractivity contribution in [3.63, 3.8) is 0 Å². The Bertz CT molecular complexity index is 1170. The molecule has 1 aromatic carbocycles. The first-order valence-corrected chi connectivity index (χ1v) is 9.91. The van der Waals surface area contributed by atoms with Crippen LogP contribution in [0.1, 0.15) is 22.1 Å². The van der Waals surface area contributed by atoms with Crippen molar-refractivity contribution in [2.24, 2.45) is 0 Å². The highest BCUT2D eigenvalue weighted by Crippen LogP contribution is 2.15. The maximum absolute atomic E-state index is 12.7. The molecule has 0 atom stereocenters. The summed E-state index contributed by atoms with van der Waals surface area (Å²) in [6, 6.07) is 14.2. The molecule has 0 aliphatic carbocycles. The van der Waals surface area contributed by atoms with Gasteiger partial charge in [0.2, 0.25) is 0 Å². The summed E-state index contributed by atoms with van der Waals surface area (Å²) in [4.78, 5) is 32.8. The predicted molar refractivity (Wildman–Crippen MR) is 113 cm³/mol. The highest BCUT2D eigenvalue weighted by Gasteiger charge is 2.17. The van der Waals surface area contributed by atoms with Gasteiger partial charge in [0.05, 0.1) is 17.3 Å². The molecule has 2 amide bonds. The number of amides is 2. The van der Waals surface area contributed by atoms with E-state index in [1.165, 1.54) is 18.4 Å². The molecule has 0 saturated heterocycles. The Hall–Kier alpha value is -3.59. The van der Waals surface area contributed by atoms with Crippen molar-refractivity contribution in [3.05, 3.63) is 82.5 Å². The molecule has 9 heteroatoms. The van der Waals surface area contributed by atoms with E-state index in [4.69, 9.17) is 8.83 Å². The van der Waals surface area contributed by atoms with Gasteiger partial charge in [-0.25, -0.2) is 4.98 Å². The van der Waals surface area contributed by atoms with Crippen molar-refractivity contribution in [2.75, 3.05) is 6.54 Å². The highest BCUT2D eigenvalue weighted by molar-refractivity contribution is 9.10. The number of para-hydroxylation sites is 2. The third-order valence-corrected chi connectivity index (χ3v) is 4.63. The van der Waals surface area contributed by atoms with Crippen LogP contribution in [-0.2, 0) is 11.2 Å². The molecule has 0 unspecified atom stereocenters.